The van der Waals surface area contributed by atoms with Crippen molar-refractivity contribution in [2.75, 3.05) is 19.7 Å². The molecule has 0 amide bonds. The fraction of sp³-hybridized carbons (Fsp3) is 0.560. The Morgan fingerprint density at radius 2 is 1.75 bits per heavy atom. The maximum atomic E-state index is 15.2. The van der Waals surface area contributed by atoms with Crippen LogP contribution in [0.2, 0.25) is 0 Å². The molecule has 0 saturated carbocycles. The van der Waals surface area contributed by atoms with Gasteiger partial charge >= 0.3 is 0 Å². The lowest BCUT2D eigenvalue weighted by Crippen LogP contribution is -2.42. The third kappa shape index (κ3) is 4.32. The molecule has 0 radical (unpaired) electrons. The van der Waals surface area contributed by atoms with Crippen LogP contribution in [-0.2, 0) is 16.4 Å². The minimum atomic E-state index is -3.87. The minimum absolute atomic E-state index is 0.0891. The van der Waals surface area contributed by atoms with Gasteiger partial charge in [-0.1, -0.05) is 0 Å². The molecule has 2 aromatic heterocycles. The highest BCUT2D eigenvalue weighted by molar-refractivity contribution is 7.92. The zero-order chi connectivity index (χ0) is 25.8. The van der Waals surface area contributed by atoms with Crippen LogP contribution in [0.15, 0.2) is 23.2 Å². The van der Waals surface area contributed by atoms with E-state index in [0.717, 1.165) is 0 Å². The van der Waals surface area contributed by atoms with E-state index in [4.69, 9.17) is 9.72 Å². The lowest BCUT2D eigenvalue weighted by Gasteiger charge is -2.34. The van der Waals surface area contributed by atoms with Gasteiger partial charge in [0.2, 0.25) is 0 Å². The second kappa shape index (κ2) is 9.26. The number of hydrogen-bond donors (Lipinski definition) is 0. The predicted molar refractivity (Wildman–Crippen MR) is 134 cm³/mol. The zero-order valence-electron chi connectivity index (χ0n) is 21.4. The number of aryl methyl sites for hydroxylation is 1. The number of ether oxygens (including phenoxy) is 1. The van der Waals surface area contributed by atoms with Crippen LogP contribution in [0.25, 0.3) is 22.9 Å². The van der Waals surface area contributed by atoms with E-state index in [9.17, 15) is 8.42 Å². The summed E-state index contributed by atoms with van der Waals surface area (Å²) in [7, 11) is -3.87. The van der Waals surface area contributed by atoms with Crippen LogP contribution in [0, 0.1) is 12.7 Å². The average molecular weight is 517 g/mol. The molecule has 1 aromatic carbocycles. The first kappa shape index (κ1) is 24.9. The Balaban J connectivity index is 1.56. The standard InChI is InChI=1S/C25H33FN6O3S/c1-15(2)30-8-6-18(7-9-30)36(33,34)23-12-19-22(13-20(23)26)35-11-10-31-14-21(28-24(19)31)25-27-17(5)29-32(25)16(3)4/h12-16,18H,6-11H2,1-5H3. The van der Waals surface area contributed by atoms with E-state index in [1.807, 2.05) is 36.2 Å². The molecular formula is C25H33FN6O3S. The largest absolute Gasteiger partial charge is 0.491 e. The topological polar surface area (TPSA) is 95.1 Å². The van der Waals surface area contributed by atoms with Crippen molar-refractivity contribution < 1.29 is 17.5 Å². The highest BCUT2D eigenvalue weighted by Crippen LogP contribution is 2.38. The van der Waals surface area contributed by atoms with Gasteiger partial charge in [0.15, 0.2) is 15.7 Å². The van der Waals surface area contributed by atoms with Gasteiger partial charge in [-0.25, -0.2) is 27.5 Å². The molecule has 0 N–H and O–H groups in total. The quantitative estimate of drug-likeness (QED) is 0.508. The Hall–Kier alpha value is -2.79. The predicted octanol–water partition coefficient (Wildman–Crippen LogP) is 3.88. The second-order valence-corrected chi connectivity index (χ2v) is 12.4. The Morgan fingerprint density at radius 1 is 1.03 bits per heavy atom. The molecule has 11 heteroatoms. The molecule has 0 unspecified atom stereocenters. The summed E-state index contributed by atoms with van der Waals surface area (Å²) in [5.41, 5.74) is 1.09. The minimum Gasteiger partial charge on any atom is -0.491 e. The van der Waals surface area contributed by atoms with E-state index in [0.29, 0.717) is 79.6 Å². The van der Waals surface area contributed by atoms with Crippen molar-refractivity contribution in [1.82, 2.24) is 29.2 Å². The van der Waals surface area contributed by atoms with Gasteiger partial charge in [-0.15, -0.1) is 0 Å². The number of nitrogens with zero attached hydrogens (tertiary/aromatic N) is 6. The van der Waals surface area contributed by atoms with Crippen molar-refractivity contribution in [3.8, 4) is 28.7 Å². The first-order valence-corrected chi connectivity index (χ1v) is 14.1. The third-order valence-electron chi connectivity index (χ3n) is 7.05. The number of rotatable bonds is 5. The van der Waals surface area contributed by atoms with Crippen LogP contribution in [0.1, 0.15) is 52.4 Å². The molecule has 0 aliphatic carbocycles. The molecule has 2 aliphatic heterocycles. The van der Waals surface area contributed by atoms with Crippen LogP contribution in [0.4, 0.5) is 4.39 Å². The fourth-order valence-electron chi connectivity index (χ4n) is 5.06. The Kier molecular flexibility index (Phi) is 6.40. The summed E-state index contributed by atoms with van der Waals surface area (Å²) in [5.74, 6) is 1.32. The van der Waals surface area contributed by atoms with Gasteiger partial charge in [-0.2, -0.15) is 5.10 Å². The van der Waals surface area contributed by atoms with Crippen molar-refractivity contribution in [2.24, 2.45) is 0 Å². The number of sulfone groups is 1. The van der Waals surface area contributed by atoms with Crippen LogP contribution < -0.4 is 4.74 Å². The molecule has 0 bridgehead atoms. The molecule has 4 heterocycles. The number of halogens is 1. The monoisotopic (exact) mass is 516 g/mol. The summed E-state index contributed by atoms with van der Waals surface area (Å²) < 4.78 is 51.9. The van der Waals surface area contributed by atoms with Crippen molar-refractivity contribution in [1.29, 1.82) is 0 Å². The summed E-state index contributed by atoms with van der Waals surface area (Å²) >= 11 is 0. The maximum absolute atomic E-state index is 15.2. The normalized spacial score (nSPS) is 17.2. The van der Waals surface area contributed by atoms with Crippen molar-refractivity contribution >= 4 is 9.84 Å². The third-order valence-corrected chi connectivity index (χ3v) is 9.32. The summed E-state index contributed by atoms with van der Waals surface area (Å²) in [6, 6.07) is 3.04. The second-order valence-electron chi connectivity index (χ2n) is 10.2. The van der Waals surface area contributed by atoms with Gasteiger partial charge in [0.25, 0.3) is 0 Å². The van der Waals surface area contributed by atoms with Gasteiger partial charge in [0.1, 0.15) is 40.4 Å². The summed E-state index contributed by atoms with van der Waals surface area (Å²) in [5, 5.41) is 3.86. The van der Waals surface area contributed by atoms with E-state index in [-0.39, 0.29) is 10.9 Å². The van der Waals surface area contributed by atoms with Crippen LogP contribution in [0.3, 0.4) is 0 Å². The number of fused-ring (bicyclic) bond motifs is 3. The van der Waals surface area contributed by atoms with Gasteiger partial charge in [0, 0.05) is 24.3 Å². The SMILES string of the molecule is Cc1nc(-c2cn3c(n2)-c2cc(S(=O)(=O)C4CCN(C(C)C)CC4)c(F)cc2OCC3)n(C(C)C)n1. The lowest BCUT2D eigenvalue weighted by atomic mass is 10.1. The maximum Gasteiger partial charge on any atom is 0.184 e. The number of aromatic nitrogens is 5. The zero-order valence-corrected chi connectivity index (χ0v) is 22.2. The molecule has 9 nitrogen and oxygen atoms in total. The number of piperidine rings is 1. The van der Waals surface area contributed by atoms with E-state index >= 15 is 4.39 Å². The Morgan fingerprint density at radius 3 is 2.42 bits per heavy atom. The van der Waals surface area contributed by atoms with E-state index in [1.165, 1.54) is 12.1 Å². The Labute approximate surface area is 211 Å². The molecule has 0 spiro atoms. The summed E-state index contributed by atoms with van der Waals surface area (Å²) in [6.07, 6.45) is 2.84. The molecule has 3 aromatic rings. The smallest absolute Gasteiger partial charge is 0.184 e. The van der Waals surface area contributed by atoms with E-state index < -0.39 is 20.9 Å². The van der Waals surface area contributed by atoms with Crippen molar-refractivity contribution in [3.05, 3.63) is 30.0 Å². The first-order chi connectivity index (χ1) is 17.1. The number of benzene rings is 1. The molecule has 0 atom stereocenters. The van der Waals surface area contributed by atoms with Gasteiger partial charge in [-0.05, 0) is 66.6 Å². The number of hydrogen-bond acceptors (Lipinski definition) is 7. The van der Waals surface area contributed by atoms with Gasteiger partial charge < -0.3 is 14.2 Å². The molecule has 2 aliphatic rings. The molecule has 1 fully saturated rings. The summed E-state index contributed by atoms with van der Waals surface area (Å²) in [6.45, 7) is 12.2. The van der Waals surface area contributed by atoms with Crippen LogP contribution >= 0.6 is 0 Å². The van der Waals surface area contributed by atoms with Crippen molar-refractivity contribution in [3.63, 3.8) is 0 Å². The molecule has 194 valence electrons. The molecule has 1 saturated heterocycles. The van der Waals surface area contributed by atoms with Crippen LogP contribution in [0.5, 0.6) is 5.75 Å². The highest BCUT2D eigenvalue weighted by Gasteiger charge is 2.35. The van der Waals surface area contributed by atoms with Crippen molar-refractivity contribution in [2.45, 2.75) is 76.2 Å². The number of imidazole rings is 1. The average Bonchev–Trinajstić information content (AvgIpc) is 3.38. The fourth-order valence-corrected chi connectivity index (χ4v) is 6.86. The molecule has 5 rings (SSSR count). The Bertz CT molecular complexity index is 1390. The highest BCUT2D eigenvalue weighted by atomic mass is 32.2. The summed E-state index contributed by atoms with van der Waals surface area (Å²) in [4.78, 5) is 11.3. The molecule has 36 heavy (non-hydrogen) atoms. The first-order valence-electron chi connectivity index (χ1n) is 12.5. The van der Waals surface area contributed by atoms with E-state index in [2.05, 4.69) is 28.8 Å². The van der Waals surface area contributed by atoms with E-state index in [1.54, 1.807) is 0 Å². The van der Waals surface area contributed by atoms with Gasteiger partial charge in [0.05, 0.1) is 17.4 Å². The van der Waals surface area contributed by atoms with Crippen LogP contribution in [-0.4, -0.2) is 68.6 Å². The van der Waals surface area contributed by atoms with Gasteiger partial charge in [-0.3, -0.25) is 0 Å². The number of likely N-dealkylation sites (tertiary alicyclic amines) is 1. The molecular weight excluding hydrogens is 483 g/mol. The lowest BCUT2D eigenvalue weighted by molar-refractivity contribution is 0.186.